The third kappa shape index (κ3) is 1.88. The number of thioether (sulfide) groups is 1. The number of hydrogen-bond acceptors (Lipinski definition) is 4. The maximum absolute atomic E-state index is 13.0. The summed E-state index contributed by atoms with van der Waals surface area (Å²) in [5.41, 5.74) is 3.74. The van der Waals surface area contributed by atoms with Crippen molar-refractivity contribution < 1.29 is 14.0 Å². The van der Waals surface area contributed by atoms with Gasteiger partial charge < -0.3 is 9.73 Å². The van der Waals surface area contributed by atoms with Gasteiger partial charge in [0.05, 0.1) is 5.75 Å². The van der Waals surface area contributed by atoms with Crippen LogP contribution in [0.5, 0.6) is 0 Å². The molecule has 1 fully saturated rings. The highest BCUT2D eigenvalue weighted by atomic mass is 32.2. The lowest BCUT2D eigenvalue weighted by molar-refractivity contribution is -0.122. The van der Waals surface area contributed by atoms with Crippen LogP contribution >= 0.6 is 11.8 Å². The predicted molar refractivity (Wildman–Crippen MR) is 110 cm³/mol. The maximum atomic E-state index is 13.0. The third-order valence-electron chi connectivity index (χ3n) is 5.44. The Balaban J connectivity index is 1.57. The zero-order valence-electron chi connectivity index (χ0n) is 14.6. The number of para-hydroxylation sites is 2. The number of rotatable bonds is 1. The second kappa shape index (κ2) is 5.39. The zero-order chi connectivity index (χ0) is 18.9. The number of nitrogens with one attached hydrogen (secondary N) is 1. The summed E-state index contributed by atoms with van der Waals surface area (Å²) in [5, 5.41) is 4.95. The lowest BCUT2D eigenvalue weighted by Crippen LogP contribution is -2.47. The third-order valence-corrected chi connectivity index (χ3v) is 6.83. The summed E-state index contributed by atoms with van der Waals surface area (Å²) in [5.74, 6) is -0.0264. The van der Waals surface area contributed by atoms with Gasteiger partial charge >= 0.3 is 0 Å². The first-order valence-electron chi connectivity index (χ1n) is 8.98. The van der Waals surface area contributed by atoms with E-state index < -0.39 is 4.87 Å². The van der Waals surface area contributed by atoms with E-state index in [-0.39, 0.29) is 17.6 Å². The van der Waals surface area contributed by atoms with Crippen LogP contribution < -0.4 is 10.2 Å². The summed E-state index contributed by atoms with van der Waals surface area (Å²) in [6.07, 6.45) is 0. The van der Waals surface area contributed by atoms with Crippen molar-refractivity contribution in [3.8, 4) is 0 Å². The summed E-state index contributed by atoms with van der Waals surface area (Å²) >= 11 is 1.36. The van der Waals surface area contributed by atoms with E-state index in [1.54, 1.807) is 4.90 Å². The number of benzene rings is 3. The molecule has 1 N–H and O–H groups in total. The number of fused-ring (bicyclic) bond motifs is 5. The minimum absolute atomic E-state index is 0.0904. The average molecular weight is 386 g/mol. The topological polar surface area (TPSA) is 62.6 Å². The molecule has 0 aliphatic carbocycles. The van der Waals surface area contributed by atoms with Gasteiger partial charge in [0.2, 0.25) is 10.8 Å². The van der Waals surface area contributed by atoms with E-state index in [0.717, 1.165) is 27.6 Å². The minimum Gasteiger partial charge on any atom is -0.456 e. The molecule has 4 aromatic rings. The molecular formula is C22H14N2O3S. The van der Waals surface area contributed by atoms with Gasteiger partial charge in [-0.3, -0.25) is 14.5 Å². The van der Waals surface area contributed by atoms with Crippen LogP contribution in [0.1, 0.15) is 5.56 Å². The normalized spacial score (nSPS) is 21.1. The fourth-order valence-electron chi connectivity index (χ4n) is 4.23. The van der Waals surface area contributed by atoms with E-state index in [1.165, 1.54) is 11.8 Å². The second-order valence-electron chi connectivity index (χ2n) is 6.94. The molecule has 0 radical (unpaired) electrons. The van der Waals surface area contributed by atoms with E-state index >= 15 is 0 Å². The van der Waals surface area contributed by atoms with Gasteiger partial charge in [-0.2, -0.15) is 0 Å². The van der Waals surface area contributed by atoms with Crippen molar-refractivity contribution >= 4 is 56.9 Å². The fraction of sp³-hybridized carbons (Fsp3) is 0.0909. The molecule has 6 heteroatoms. The van der Waals surface area contributed by atoms with E-state index in [0.29, 0.717) is 11.3 Å². The predicted octanol–water partition coefficient (Wildman–Crippen LogP) is 4.47. The maximum Gasteiger partial charge on any atom is 0.266 e. The van der Waals surface area contributed by atoms with Crippen molar-refractivity contribution in [2.75, 3.05) is 16.0 Å². The standard InChI is InChI=1S/C22H14N2O3S/c25-20-12-28-22(16-6-2-3-7-17(16)23-21(22)26)24(20)13-9-10-15-14-5-1-4-8-18(14)27-19(15)11-13/h1-11H,12H2,(H,23,26). The molecule has 1 unspecified atom stereocenters. The van der Waals surface area contributed by atoms with Crippen LogP contribution in [-0.2, 0) is 14.5 Å². The molecule has 3 aromatic carbocycles. The lowest BCUT2D eigenvalue weighted by Gasteiger charge is -2.32. The molecule has 1 aromatic heterocycles. The van der Waals surface area contributed by atoms with Crippen molar-refractivity contribution in [2.45, 2.75) is 4.87 Å². The molecule has 6 rings (SSSR count). The molecule has 2 aliphatic rings. The molecule has 5 nitrogen and oxygen atoms in total. The molecular weight excluding hydrogens is 372 g/mol. The van der Waals surface area contributed by atoms with Crippen LogP contribution in [0, 0.1) is 0 Å². The van der Waals surface area contributed by atoms with Crippen molar-refractivity contribution in [3.63, 3.8) is 0 Å². The van der Waals surface area contributed by atoms with Crippen LogP contribution in [0.15, 0.2) is 71.1 Å². The Morgan fingerprint density at radius 2 is 1.71 bits per heavy atom. The Morgan fingerprint density at radius 3 is 2.64 bits per heavy atom. The molecule has 2 amide bonds. The van der Waals surface area contributed by atoms with Crippen LogP contribution in [0.3, 0.4) is 0 Å². The minimum atomic E-state index is -1.08. The van der Waals surface area contributed by atoms with Gasteiger partial charge in [0.25, 0.3) is 5.91 Å². The number of furan rings is 1. The Bertz CT molecular complexity index is 1310. The van der Waals surface area contributed by atoms with E-state index in [2.05, 4.69) is 5.32 Å². The summed E-state index contributed by atoms with van der Waals surface area (Å²) < 4.78 is 5.99. The van der Waals surface area contributed by atoms with Crippen molar-refractivity contribution in [1.29, 1.82) is 0 Å². The molecule has 0 saturated carbocycles. The largest absolute Gasteiger partial charge is 0.456 e. The van der Waals surface area contributed by atoms with Gasteiger partial charge in [0, 0.05) is 33.8 Å². The molecule has 1 spiro atoms. The Morgan fingerprint density at radius 1 is 0.929 bits per heavy atom. The molecule has 28 heavy (non-hydrogen) atoms. The van der Waals surface area contributed by atoms with Crippen LogP contribution in [0.4, 0.5) is 11.4 Å². The van der Waals surface area contributed by atoms with Crippen LogP contribution in [0.25, 0.3) is 21.9 Å². The van der Waals surface area contributed by atoms with Crippen molar-refractivity contribution in [1.82, 2.24) is 0 Å². The van der Waals surface area contributed by atoms with Gasteiger partial charge in [-0.15, -0.1) is 11.8 Å². The first kappa shape index (κ1) is 15.8. The number of anilines is 2. The molecule has 2 aliphatic heterocycles. The fourth-order valence-corrected chi connectivity index (χ4v) is 5.55. The van der Waals surface area contributed by atoms with Gasteiger partial charge in [-0.1, -0.05) is 36.4 Å². The van der Waals surface area contributed by atoms with E-state index in [9.17, 15) is 9.59 Å². The highest BCUT2D eigenvalue weighted by Crippen LogP contribution is 2.53. The SMILES string of the molecule is O=C1CSC2(C(=O)Nc3ccccc32)N1c1ccc2c(c1)oc1ccccc12. The first-order valence-corrected chi connectivity index (χ1v) is 9.96. The number of hydrogen-bond donors (Lipinski definition) is 1. The van der Waals surface area contributed by atoms with Gasteiger partial charge in [-0.05, 0) is 24.3 Å². The van der Waals surface area contributed by atoms with Crippen LogP contribution in [-0.4, -0.2) is 17.6 Å². The number of carbonyl (C=O) groups excluding carboxylic acids is 2. The number of nitrogens with zero attached hydrogens (tertiary/aromatic N) is 1. The highest BCUT2D eigenvalue weighted by molar-refractivity contribution is 8.02. The van der Waals surface area contributed by atoms with Gasteiger partial charge in [-0.25, -0.2) is 0 Å². The van der Waals surface area contributed by atoms with Gasteiger partial charge in [0.15, 0.2) is 0 Å². The smallest absolute Gasteiger partial charge is 0.266 e. The van der Waals surface area contributed by atoms with Crippen molar-refractivity contribution in [2.24, 2.45) is 0 Å². The molecule has 3 heterocycles. The summed E-state index contributed by atoms with van der Waals surface area (Å²) in [6, 6.07) is 21.1. The Labute approximate surface area is 164 Å². The summed E-state index contributed by atoms with van der Waals surface area (Å²) in [7, 11) is 0. The quantitative estimate of drug-likeness (QED) is 0.524. The van der Waals surface area contributed by atoms with Crippen LogP contribution in [0.2, 0.25) is 0 Å². The number of amides is 2. The molecule has 0 bridgehead atoms. The van der Waals surface area contributed by atoms with Crippen molar-refractivity contribution in [3.05, 3.63) is 72.3 Å². The Hall–Kier alpha value is -3.25. The summed E-state index contributed by atoms with van der Waals surface area (Å²) in [4.78, 5) is 26.5. The molecule has 1 atom stereocenters. The number of carbonyl (C=O) groups is 2. The molecule has 1 saturated heterocycles. The van der Waals surface area contributed by atoms with E-state index in [4.69, 9.17) is 4.42 Å². The summed E-state index contributed by atoms with van der Waals surface area (Å²) in [6.45, 7) is 0. The van der Waals surface area contributed by atoms with E-state index in [1.807, 2.05) is 66.7 Å². The second-order valence-corrected chi connectivity index (χ2v) is 8.11. The molecule has 136 valence electrons. The van der Waals surface area contributed by atoms with Gasteiger partial charge in [0.1, 0.15) is 11.2 Å². The Kier molecular flexibility index (Phi) is 3.04. The monoisotopic (exact) mass is 386 g/mol. The zero-order valence-corrected chi connectivity index (χ0v) is 15.5. The lowest BCUT2D eigenvalue weighted by atomic mass is 10.0. The first-order chi connectivity index (χ1) is 13.7. The highest BCUT2D eigenvalue weighted by Gasteiger charge is 2.58. The average Bonchev–Trinajstić information content (AvgIpc) is 3.34.